The molecular formula is C20H25N7O. The van der Waals surface area contributed by atoms with Gasteiger partial charge in [0.2, 0.25) is 0 Å². The van der Waals surface area contributed by atoms with Crippen molar-refractivity contribution in [3.8, 4) is 0 Å². The highest BCUT2D eigenvalue weighted by Crippen LogP contribution is 2.26. The lowest BCUT2D eigenvalue weighted by Gasteiger charge is -2.15. The van der Waals surface area contributed by atoms with Crippen LogP contribution in [0.5, 0.6) is 0 Å². The van der Waals surface area contributed by atoms with E-state index in [0.717, 1.165) is 24.4 Å². The maximum absolute atomic E-state index is 12.9. The van der Waals surface area contributed by atoms with Gasteiger partial charge < -0.3 is 10.6 Å². The van der Waals surface area contributed by atoms with E-state index in [-0.39, 0.29) is 11.9 Å². The van der Waals surface area contributed by atoms with Crippen LogP contribution >= 0.6 is 0 Å². The summed E-state index contributed by atoms with van der Waals surface area (Å²) < 4.78 is 1.69. The van der Waals surface area contributed by atoms with Gasteiger partial charge in [0.15, 0.2) is 0 Å². The second-order valence-corrected chi connectivity index (χ2v) is 7.23. The second-order valence-electron chi connectivity index (χ2n) is 7.23. The van der Waals surface area contributed by atoms with Crippen molar-refractivity contribution in [2.75, 3.05) is 18.9 Å². The van der Waals surface area contributed by atoms with E-state index in [9.17, 15) is 4.79 Å². The van der Waals surface area contributed by atoms with E-state index in [1.54, 1.807) is 16.9 Å². The molecule has 1 fully saturated rings. The lowest BCUT2D eigenvalue weighted by atomic mass is 10.1. The highest BCUT2D eigenvalue weighted by molar-refractivity contribution is 6.04. The molecule has 0 aliphatic carbocycles. The number of pyridine rings is 1. The lowest BCUT2D eigenvalue weighted by molar-refractivity contribution is 0.102. The molecule has 1 saturated heterocycles. The second kappa shape index (κ2) is 7.57. The van der Waals surface area contributed by atoms with E-state index in [1.807, 2.05) is 44.5 Å². The summed E-state index contributed by atoms with van der Waals surface area (Å²) in [6.45, 7) is 2.90. The molecule has 2 unspecified atom stereocenters. The van der Waals surface area contributed by atoms with Crippen LogP contribution in [0, 0.1) is 0 Å². The summed E-state index contributed by atoms with van der Waals surface area (Å²) in [5, 5.41) is 12.8. The van der Waals surface area contributed by atoms with Gasteiger partial charge in [-0.3, -0.25) is 9.48 Å². The number of dihydropyridines is 1. The average molecular weight is 379 g/mol. The molecule has 8 heteroatoms. The number of hydrazine groups is 1. The van der Waals surface area contributed by atoms with Gasteiger partial charge >= 0.3 is 0 Å². The minimum atomic E-state index is -0.248. The monoisotopic (exact) mass is 379 g/mol. The van der Waals surface area contributed by atoms with E-state index in [4.69, 9.17) is 0 Å². The normalized spacial score (nSPS) is 22.0. The molecule has 2 aliphatic rings. The first-order chi connectivity index (χ1) is 13.5. The highest BCUT2D eigenvalue weighted by Gasteiger charge is 2.28. The summed E-state index contributed by atoms with van der Waals surface area (Å²) in [5.41, 5.74) is 6.91. The van der Waals surface area contributed by atoms with E-state index < -0.39 is 0 Å². The van der Waals surface area contributed by atoms with E-state index in [2.05, 4.69) is 38.1 Å². The van der Waals surface area contributed by atoms with Crippen molar-refractivity contribution in [3.63, 3.8) is 0 Å². The number of allylic oxidation sites excluding steroid dienone is 2. The predicted molar refractivity (Wildman–Crippen MR) is 108 cm³/mol. The molecule has 0 bridgehead atoms. The van der Waals surface area contributed by atoms with Crippen LogP contribution in [0.15, 0.2) is 42.6 Å². The number of anilines is 1. The summed E-state index contributed by atoms with van der Waals surface area (Å²) in [4.78, 5) is 17.5. The molecule has 2 atom stereocenters. The van der Waals surface area contributed by atoms with Gasteiger partial charge in [-0.2, -0.15) is 5.10 Å². The SMILES string of the molecule is CC1CC(c2cccc(C(=O)Nc3cn(C)nc3C3=CC=CCN3)n2)NN1C. The molecule has 0 radical (unpaired) electrons. The molecule has 2 aromatic rings. The summed E-state index contributed by atoms with van der Waals surface area (Å²) in [5.74, 6) is -0.248. The smallest absolute Gasteiger partial charge is 0.274 e. The van der Waals surface area contributed by atoms with Gasteiger partial charge in [-0.05, 0) is 31.6 Å². The fraction of sp³-hybridized carbons (Fsp3) is 0.350. The molecule has 0 saturated carbocycles. The molecule has 0 spiro atoms. The van der Waals surface area contributed by atoms with Crippen molar-refractivity contribution in [3.05, 3.63) is 59.7 Å². The maximum Gasteiger partial charge on any atom is 0.274 e. The molecule has 2 aromatic heterocycles. The minimum Gasteiger partial charge on any atom is -0.380 e. The molecule has 3 N–H and O–H groups in total. The Morgan fingerprint density at radius 2 is 2.18 bits per heavy atom. The summed E-state index contributed by atoms with van der Waals surface area (Å²) in [6, 6.07) is 6.11. The molecule has 4 heterocycles. The summed E-state index contributed by atoms with van der Waals surface area (Å²) >= 11 is 0. The Hall–Kier alpha value is -2.97. The molecule has 8 nitrogen and oxygen atoms in total. The number of aryl methyl sites for hydroxylation is 1. The Bertz CT molecular complexity index is 936. The fourth-order valence-corrected chi connectivity index (χ4v) is 3.47. The zero-order valence-electron chi connectivity index (χ0n) is 16.3. The number of carbonyl (C=O) groups is 1. The third-order valence-electron chi connectivity index (χ3n) is 5.10. The van der Waals surface area contributed by atoms with Crippen molar-refractivity contribution in [1.29, 1.82) is 0 Å². The molecule has 0 aromatic carbocycles. The Kier molecular flexibility index (Phi) is 4.97. The number of amides is 1. The highest BCUT2D eigenvalue weighted by atomic mass is 16.1. The molecule has 1 amide bonds. The van der Waals surface area contributed by atoms with Crippen LogP contribution in [-0.4, -0.2) is 45.3 Å². The van der Waals surface area contributed by atoms with Gasteiger partial charge in [0, 0.05) is 32.9 Å². The zero-order chi connectivity index (χ0) is 19.7. The number of hydrogen-bond donors (Lipinski definition) is 3. The molecule has 4 rings (SSSR count). The van der Waals surface area contributed by atoms with Gasteiger partial charge in [-0.25, -0.2) is 15.4 Å². The van der Waals surface area contributed by atoms with Crippen LogP contribution in [0.1, 0.15) is 41.3 Å². The number of rotatable bonds is 4. The quantitative estimate of drug-likeness (QED) is 0.751. The number of carbonyl (C=O) groups excluding carboxylic acids is 1. The zero-order valence-corrected chi connectivity index (χ0v) is 16.3. The number of aromatic nitrogens is 3. The number of nitrogens with zero attached hydrogens (tertiary/aromatic N) is 4. The average Bonchev–Trinajstić information content (AvgIpc) is 3.24. The van der Waals surface area contributed by atoms with Crippen molar-refractivity contribution in [2.45, 2.75) is 25.4 Å². The fourth-order valence-electron chi connectivity index (χ4n) is 3.47. The summed E-state index contributed by atoms with van der Waals surface area (Å²) in [6.07, 6.45) is 8.70. The Labute approximate surface area is 164 Å². The first-order valence-corrected chi connectivity index (χ1v) is 9.43. The van der Waals surface area contributed by atoms with Crippen LogP contribution in [-0.2, 0) is 7.05 Å². The Morgan fingerprint density at radius 1 is 1.32 bits per heavy atom. The van der Waals surface area contributed by atoms with Crippen LogP contribution in [0.2, 0.25) is 0 Å². The van der Waals surface area contributed by atoms with Crippen molar-refractivity contribution < 1.29 is 4.79 Å². The third-order valence-corrected chi connectivity index (χ3v) is 5.10. The number of hydrogen-bond acceptors (Lipinski definition) is 6. The van der Waals surface area contributed by atoms with Crippen LogP contribution in [0.4, 0.5) is 5.69 Å². The number of nitrogens with one attached hydrogen (secondary N) is 3. The van der Waals surface area contributed by atoms with Gasteiger partial charge in [0.25, 0.3) is 5.91 Å². The Balaban J connectivity index is 1.54. The third kappa shape index (κ3) is 3.69. The van der Waals surface area contributed by atoms with E-state index >= 15 is 0 Å². The van der Waals surface area contributed by atoms with Crippen molar-refractivity contribution >= 4 is 17.3 Å². The van der Waals surface area contributed by atoms with Crippen molar-refractivity contribution in [2.24, 2.45) is 7.05 Å². The lowest BCUT2D eigenvalue weighted by Crippen LogP contribution is -2.32. The summed E-state index contributed by atoms with van der Waals surface area (Å²) in [7, 11) is 3.86. The van der Waals surface area contributed by atoms with Gasteiger partial charge in [0.1, 0.15) is 11.4 Å². The molecule has 146 valence electrons. The first kappa shape index (κ1) is 18.4. The van der Waals surface area contributed by atoms with Crippen molar-refractivity contribution in [1.82, 2.24) is 30.5 Å². The van der Waals surface area contributed by atoms with Crippen LogP contribution in [0.3, 0.4) is 0 Å². The first-order valence-electron chi connectivity index (χ1n) is 9.43. The molecule has 28 heavy (non-hydrogen) atoms. The topological polar surface area (TPSA) is 87.1 Å². The largest absolute Gasteiger partial charge is 0.380 e. The van der Waals surface area contributed by atoms with E-state index in [0.29, 0.717) is 23.1 Å². The van der Waals surface area contributed by atoms with Gasteiger partial charge in [-0.15, -0.1) is 0 Å². The molecule has 2 aliphatic heterocycles. The van der Waals surface area contributed by atoms with Crippen LogP contribution < -0.4 is 16.1 Å². The van der Waals surface area contributed by atoms with E-state index in [1.165, 1.54) is 0 Å². The predicted octanol–water partition coefficient (Wildman–Crippen LogP) is 1.84. The van der Waals surface area contributed by atoms with Crippen LogP contribution in [0.25, 0.3) is 5.70 Å². The standard InChI is InChI=1S/C20H25N7O/c1-13-11-17(24-27(13)3)14-8-6-9-16(22-14)20(28)23-18-12-26(2)25-19(18)15-7-4-5-10-21-15/h4-9,12-13,17,21,24H,10-11H2,1-3H3,(H,23,28). The Morgan fingerprint density at radius 3 is 2.89 bits per heavy atom. The van der Waals surface area contributed by atoms with Gasteiger partial charge in [0.05, 0.1) is 23.1 Å². The minimum absolute atomic E-state index is 0.116. The maximum atomic E-state index is 12.9. The molecular weight excluding hydrogens is 354 g/mol. The van der Waals surface area contributed by atoms with Gasteiger partial charge in [-0.1, -0.05) is 18.2 Å².